The number of nitrogens with zero attached hydrogens (tertiary/aromatic N) is 3. The molecule has 1 aliphatic rings. The Bertz CT molecular complexity index is 809. The van der Waals surface area contributed by atoms with E-state index in [1.54, 1.807) is 12.4 Å². The van der Waals surface area contributed by atoms with Crippen LogP contribution in [0.4, 0.5) is 13.2 Å². The third kappa shape index (κ3) is 4.86. The number of carbonyl (C=O) groups excluding carboxylic acids is 1. The molecule has 0 unspecified atom stereocenters. The number of amides is 1. The second kappa shape index (κ2) is 8.14. The topological polar surface area (TPSA) is 70.2 Å². The van der Waals surface area contributed by atoms with Crippen molar-refractivity contribution < 1.29 is 18.0 Å². The quantitative estimate of drug-likeness (QED) is 0.788. The Hall–Kier alpha value is -2.04. The lowest BCUT2D eigenvalue weighted by Gasteiger charge is -2.42. The van der Waals surface area contributed by atoms with Crippen LogP contribution in [0.15, 0.2) is 29.9 Å². The third-order valence-electron chi connectivity index (χ3n) is 4.79. The predicted molar refractivity (Wildman–Crippen MR) is 101 cm³/mol. The molecular formula is C18H22F3N5OS. The van der Waals surface area contributed by atoms with E-state index in [2.05, 4.69) is 15.2 Å². The molecule has 3 rings (SSSR count). The van der Waals surface area contributed by atoms with Gasteiger partial charge in [0.1, 0.15) is 11.6 Å². The summed E-state index contributed by atoms with van der Waals surface area (Å²) in [6.07, 6.45) is -0.972. The van der Waals surface area contributed by atoms with Crippen LogP contribution in [0.25, 0.3) is 10.6 Å². The van der Waals surface area contributed by atoms with Crippen LogP contribution in [0.2, 0.25) is 0 Å². The fraction of sp³-hybridized carbons (Fsp3) is 0.500. The molecule has 6 nitrogen and oxygen atoms in total. The van der Waals surface area contributed by atoms with Crippen molar-refractivity contribution >= 4 is 17.2 Å². The normalized spacial score (nSPS) is 18.8. The van der Waals surface area contributed by atoms with E-state index >= 15 is 0 Å². The Morgan fingerprint density at radius 1 is 1.43 bits per heavy atom. The van der Waals surface area contributed by atoms with E-state index in [1.807, 2.05) is 36.7 Å². The molecule has 0 radical (unpaired) electrons. The summed E-state index contributed by atoms with van der Waals surface area (Å²) in [4.78, 5) is 23.0. The predicted octanol–water partition coefficient (Wildman–Crippen LogP) is 2.39. The molecule has 0 aromatic carbocycles. The van der Waals surface area contributed by atoms with Crippen molar-refractivity contribution in [3.63, 3.8) is 0 Å². The van der Waals surface area contributed by atoms with Gasteiger partial charge in [-0.1, -0.05) is 0 Å². The molecule has 2 aromatic rings. The van der Waals surface area contributed by atoms with E-state index in [1.165, 1.54) is 11.3 Å². The maximum absolute atomic E-state index is 12.4. The number of halogens is 3. The molecule has 28 heavy (non-hydrogen) atoms. The van der Waals surface area contributed by atoms with E-state index in [0.717, 1.165) is 16.3 Å². The zero-order chi connectivity index (χ0) is 20.4. The lowest BCUT2D eigenvalue weighted by molar-refractivity contribution is -0.140. The SMILES string of the molecule is CC(C)(c1csc(-c2cccnc2)n1)N1CCN[C@H](C(=O)NCC(F)(F)F)C1. The number of alkyl halides is 3. The fourth-order valence-corrected chi connectivity index (χ4v) is 4.05. The molecule has 0 saturated carbocycles. The molecule has 0 aliphatic carbocycles. The number of pyridine rings is 1. The summed E-state index contributed by atoms with van der Waals surface area (Å²) in [6.45, 7) is 4.16. The Kier molecular flexibility index (Phi) is 6.01. The molecular weight excluding hydrogens is 391 g/mol. The minimum absolute atomic E-state index is 0.302. The number of nitrogens with one attached hydrogen (secondary N) is 2. The molecule has 2 aromatic heterocycles. The number of thiazole rings is 1. The average molecular weight is 413 g/mol. The summed E-state index contributed by atoms with van der Waals surface area (Å²) >= 11 is 1.51. The third-order valence-corrected chi connectivity index (χ3v) is 5.68. The van der Waals surface area contributed by atoms with Crippen LogP contribution >= 0.6 is 11.3 Å². The van der Waals surface area contributed by atoms with Crippen molar-refractivity contribution in [3.8, 4) is 10.6 Å². The maximum atomic E-state index is 12.4. The highest BCUT2D eigenvalue weighted by Crippen LogP contribution is 2.32. The number of aromatic nitrogens is 2. The minimum atomic E-state index is -4.42. The fourth-order valence-electron chi connectivity index (χ4n) is 3.08. The van der Waals surface area contributed by atoms with Gasteiger partial charge in [0.05, 0.1) is 17.3 Å². The standard InChI is InChI=1S/C18H22F3N5OS/c1-17(2,14-10-28-16(25-14)12-4-3-5-22-8-12)26-7-6-23-13(9-26)15(27)24-11-18(19,20)21/h3-5,8,10,13,23H,6-7,9,11H2,1-2H3,(H,24,27)/t13-/m0/s1. The van der Waals surface area contributed by atoms with Gasteiger partial charge in [0.15, 0.2) is 0 Å². The van der Waals surface area contributed by atoms with Gasteiger partial charge in [-0.05, 0) is 26.0 Å². The first kappa shape index (κ1) is 20.7. The smallest absolute Gasteiger partial charge is 0.346 e. The Morgan fingerprint density at radius 2 is 2.21 bits per heavy atom. The molecule has 10 heteroatoms. The van der Waals surface area contributed by atoms with Crippen LogP contribution in [-0.2, 0) is 10.3 Å². The lowest BCUT2D eigenvalue weighted by Crippen LogP contribution is -2.61. The van der Waals surface area contributed by atoms with Crippen molar-refractivity contribution in [1.29, 1.82) is 0 Å². The first-order chi connectivity index (χ1) is 13.2. The second-order valence-corrected chi connectivity index (χ2v) is 7.98. The van der Waals surface area contributed by atoms with Crippen molar-refractivity contribution in [2.24, 2.45) is 0 Å². The van der Waals surface area contributed by atoms with Gasteiger partial charge < -0.3 is 10.6 Å². The Balaban J connectivity index is 1.69. The van der Waals surface area contributed by atoms with Crippen LogP contribution in [0.5, 0.6) is 0 Å². The van der Waals surface area contributed by atoms with Gasteiger partial charge in [-0.15, -0.1) is 11.3 Å². The minimum Gasteiger partial charge on any atom is -0.346 e. The first-order valence-corrected chi connectivity index (χ1v) is 9.74. The van der Waals surface area contributed by atoms with Gasteiger partial charge >= 0.3 is 6.18 Å². The number of carbonyl (C=O) groups is 1. The van der Waals surface area contributed by atoms with Crippen LogP contribution in [-0.4, -0.2) is 59.2 Å². The zero-order valence-electron chi connectivity index (χ0n) is 15.6. The van der Waals surface area contributed by atoms with Crippen molar-refractivity contribution in [2.75, 3.05) is 26.2 Å². The average Bonchev–Trinajstić information content (AvgIpc) is 3.17. The maximum Gasteiger partial charge on any atom is 0.405 e. The molecule has 0 spiro atoms. The Morgan fingerprint density at radius 3 is 2.89 bits per heavy atom. The highest BCUT2D eigenvalue weighted by molar-refractivity contribution is 7.13. The number of hydrogen-bond acceptors (Lipinski definition) is 6. The summed E-state index contributed by atoms with van der Waals surface area (Å²) in [5, 5.41) is 7.78. The van der Waals surface area contributed by atoms with Gasteiger partial charge in [-0.25, -0.2) is 4.98 Å². The summed E-state index contributed by atoms with van der Waals surface area (Å²) in [6, 6.07) is 3.09. The number of rotatable bonds is 5. The molecule has 1 aliphatic heterocycles. The highest BCUT2D eigenvalue weighted by Gasteiger charge is 2.37. The molecule has 1 amide bonds. The monoisotopic (exact) mass is 413 g/mol. The van der Waals surface area contributed by atoms with Crippen LogP contribution < -0.4 is 10.6 Å². The molecule has 0 bridgehead atoms. The van der Waals surface area contributed by atoms with E-state index in [-0.39, 0.29) is 0 Å². The highest BCUT2D eigenvalue weighted by atomic mass is 32.1. The van der Waals surface area contributed by atoms with Crippen LogP contribution in [0, 0.1) is 0 Å². The molecule has 152 valence electrons. The van der Waals surface area contributed by atoms with Crippen LogP contribution in [0.1, 0.15) is 19.5 Å². The van der Waals surface area contributed by atoms with Gasteiger partial charge in [-0.2, -0.15) is 13.2 Å². The van der Waals surface area contributed by atoms with Gasteiger partial charge in [-0.3, -0.25) is 14.7 Å². The molecule has 2 N–H and O–H groups in total. The van der Waals surface area contributed by atoms with Gasteiger partial charge in [0, 0.05) is 43.0 Å². The van der Waals surface area contributed by atoms with Crippen molar-refractivity contribution in [3.05, 3.63) is 35.6 Å². The van der Waals surface area contributed by atoms with Gasteiger partial charge in [0.25, 0.3) is 0 Å². The van der Waals surface area contributed by atoms with E-state index < -0.39 is 30.2 Å². The van der Waals surface area contributed by atoms with E-state index in [0.29, 0.717) is 19.6 Å². The summed E-state index contributed by atoms with van der Waals surface area (Å²) in [5.41, 5.74) is 1.31. The van der Waals surface area contributed by atoms with E-state index in [9.17, 15) is 18.0 Å². The first-order valence-electron chi connectivity index (χ1n) is 8.86. The van der Waals surface area contributed by atoms with E-state index in [4.69, 9.17) is 4.98 Å². The second-order valence-electron chi connectivity index (χ2n) is 7.12. The van der Waals surface area contributed by atoms with Gasteiger partial charge in [0.2, 0.25) is 5.91 Å². The molecule has 1 fully saturated rings. The summed E-state index contributed by atoms with van der Waals surface area (Å²) in [5.74, 6) is -0.646. The van der Waals surface area contributed by atoms with Crippen LogP contribution in [0.3, 0.4) is 0 Å². The molecule has 1 saturated heterocycles. The van der Waals surface area contributed by atoms with Crippen molar-refractivity contribution in [1.82, 2.24) is 25.5 Å². The zero-order valence-corrected chi connectivity index (χ0v) is 16.4. The molecule has 1 atom stereocenters. The van der Waals surface area contributed by atoms with Crippen molar-refractivity contribution in [2.45, 2.75) is 31.6 Å². The lowest BCUT2D eigenvalue weighted by atomic mass is 9.96. The Labute approximate surface area is 165 Å². The largest absolute Gasteiger partial charge is 0.405 e. The number of hydrogen-bond donors (Lipinski definition) is 2. The number of piperazine rings is 1. The summed E-state index contributed by atoms with van der Waals surface area (Å²) in [7, 11) is 0. The summed E-state index contributed by atoms with van der Waals surface area (Å²) < 4.78 is 37.1. The molecule has 3 heterocycles.